The third kappa shape index (κ3) is 3.79. The molecule has 1 aromatic carbocycles. The molecule has 176 valence electrons. The third-order valence-electron chi connectivity index (χ3n) is 6.97. The van der Waals surface area contributed by atoms with Gasteiger partial charge in [0.25, 0.3) is 5.91 Å². The van der Waals surface area contributed by atoms with Gasteiger partial charge in [-0.1, -0.05) is 11.6 Å². The molecule has 2 aliphatic rings. The largest absolute Gasteiger partial charge is 0.465 e. The maximum atomic E-state index is 13.4. The fourth-order valence-corrected chi connectivity index (χ4v) is 5.33. The van der Waals surface area contributed by atoms with E-state index in [4.69, 9.17) is 16.3 Å². The van der Waals surface area contributed by atoms with Gasteiger partial charge in [0, 0.05) is 25.0 Å². The van der Waals surface area contributed by atoms with Crippen LogP contribution in [-0.2, 0) is 9.53 Å². The lowest BCUT2D eigenvalue weighted by Crippen LogP contribution is -2.44. The van der Waals surface area contributed by atoms with Crippen molar-refractivity contribution in [2.75, 3.05) is 18.6 Å². The molecule has 0 bridgehead atoms. The smallest absolute Gasteiger partial charge is 0.337 e. The predicted octanol–water partition coefficient (Wildman–Crippen LogP) is 3.27. The average molecular weight is 482 g/mol. The Morgan fingerprint density at radius 3 is 2.76 bits per heavy atom. The molecule has 0 atom stereocenters. The lowest BCUT2D eigenvalue weighted by molar-refractivity contribution is -0.127. The first-order valence-corrected chi connectivity index (χ1v) is 11.6. The van der Waals surface area contributed by atoms with Crippen LogP contribution in [0.5, 0.6) is 0 Å². The summed E-state index contributed by atoms with van der Waals surface area (Å²) in [7, 11) is 1.31. The highest BCUT2D eigenvalue weighted by Crippen LogP contribution is 2.47. The zero-order chi connectivity index (χ0) is 23.9. The number of rotatable bonds is 4. The minimum absolute atomic E-state index is 0.0124. The van der Waals surface area contributed by atoms with E-state index in [1.165, 1.54) is 19.4 Å². The number of aromatic nitrogens is 3. The molecule has 0 unspecified atom stereocenters. The molecular formula is C24H24ClN5O4. The number of esters is 1. The van der Waals surface area contributed by atoms with Gasteiger partial charge < -0.3 is 15.0 Å². The van der Waals surface area contributed by atoms with Crippen LogP contribution in [-0.4, -0.2) is 52.1 Å². The van der Waals surface area contributed by atoms with Gasteiger partial charge in [-0.15, -0.1) is 0 Å². The van der Waals surface area contributed by atoms with Gasteiger partial charge in [0.15, 0.2) is 5.65 Å². The normalized spacial score (nSPS) is 22.4. The predicted molar refractivity (Wildman–Crippen MR) is 125 cm³/mol. The van der Waals surface area contributed by atoms with E-state index < -0.39 is 11.4 Å². The molecule has 1 saturated heterocycles. The molecule has 1 aliphatic heterocycles. The first-order valence-electron chi connectivity index (χ1n) is 11.2. The van der Waals surface area contributed by atoms with Gasteiger partial charge >= 0.3 is 5.97 Å². The van der Waals surface area contributed by atoms with Gasteiger partial charge in [-0.05, 0) is 56.4 Å². The van der Waals surface area contributed by atoms with Crippen molar-refractivity contribution in [2.45, 2.75) is 38.1 Å². The topological polar surface area (TPSA) is 106 Å². The molecule has 2 aromatic heterocycles. The summed E-state index contributed by atoms with van der Waals surface area (Å²) in [6.07, 6.45) is 8.45. The van der Waals surface area contributed by atoms with E-state index in [1.54, 1.807) is 40.0 Å². The Morgan fingerprint density at radius 1 is 1.24 bits per heavy atom. The van der Waals surface area contributed by atoms with E-state index in [-0.39, 0.29) is 17.9 Å². The second-order valence-corrected chi connectivity index (χ2v) is 9.25. The Hall–Kier alpha value is -3.46. The van der Waals surface area contributed by atoms with Gasteiger partial charge in [-0.3, -0.25) is 9.59 Å². The number of nitrogens with one attached hydrogen (secondary N) is 1. The molecular weight excluding hydrogens is 458 g/mol. The molecule has 1 saturated carbocycles. The number of hydrogen-bond donors (Lipinski definition) is 1. The van der Waals surface area contributed by atoms with Crippen molar-refractivity contribution in [3.05, 3.63) is 59.0 Å². The van der Waals surface area contributed by atoms with Crippen LogP contribution in [0.3, 0.4) is 0 Å². The summed E-state index contributed by atoms with van der Waals surface area (Å²) >= 11 is 6.41. The number of carbonyl (C=O) groups excluding carboxylic acids is 3. The van der Waals surface area contributed by atoms with Gasteiger partial charge in [-0.2, -0.15) is 5.10 Å². The Bertz CT molecular complexity index is 1280. The van der Waals surface area contributed by atoms with Gasteiger partial charge in [-0.25, -0.2) is 14.3 Å². The van der Waals surface area contributed by atoms with Crippen molar-refractivity contribution in [1.29, 1.82) is 0 Å². The molecule has 1 N–H and O–H groups in total. The molecule has 1 aliphatic carbocycles. The highest BCUT2D eigenvalue weighted by atomic mass is 35.5. The summed E-state index contributed by atoms with van der Waals surface area (Å²) in [5.74, 6) is -0.624. The minimum atomic E-state index is -0.474. The van der Waals surface area contributed by atoms with E-state index in [2.05, 4.69) is 15.4 Å². The molecule has 5 rings (SSSR count). The summed E-state index contributed by atoms with van der Waals surface area (Å²) in [6, 6.07) is 6.59. The van der Waals surface area contributed by atoms with E-state index in [0.29, 0.717) is 59.7 Å². The highest BCUT2D eigenvalue weighted by Gasteiger charge is 2.49. The molecule has 2 amide bonds. The molecule has 10 heteroatoms. The van der Waals surface area contributed by atoms with Gasteiger partial charge in [0.1, 0.15) is 5.56 Å². The number of hydrogen-bond acceptors (Lipinski definition) is 6. The summed E-state index contributed by atoms with van der Waals surface area (Å²) in [5, 5.41) is 7.60. The van der Waals surface area contributed by atoms with Crippen LogP contribution in [0.4, 0.5) is 5.69 Å². The second kappa shape index (κ2) is 8.72. The van der Waals surface area contributed by atoms with Gasteiger partial charge in [0.05, 0.1) is 35.0 Å². The number of anilines is 1. The summed E-state index contributed by atoms with van der Waals surface area (Å²) in [4.78, 5) is 44.0. The Labute approximate surface area is 201 Å². The van der Waals surface area contributed by atoms with Crippen LogP contribution in [0.25, 0.3) is 5.65 Å². The van der Waals surface area contributed by atoms with Crippen LogP contribution in [0.15, 0.2) is 42.9 Å². The monoisotopic (exact) mass is 481 g/mol. The van der Waals surface area contributed by atoms with Crippen molar-refractivity contribution < 1.29 is 19.1 Å². The molecule has 34 heavy (non-hydrogen) atoms. The molecule has 1 spiro atoms. The number of amides is 2. The van der Waals surface area contributed by atoms with Crippen molar-refractivity contribution in [3.8, 4) is 0 Å². The van der Waals surface area contributed by atoms with Gasteiger partial charge in [0.2, 0.25) is 5.91 Å². The van der Waals surface area contributed by atoms with Crippen LogP contribution in [0.2, 0.25) is 5.02 Å². The van der Waals surface area contributed by atoms with Crippen molar-refractivity contribution in [3.63, 3.8) is 0 Å². The Balaban J connectivity index is 1.24. The molecule has 2 fully saturated rings. The SMILES string of the molecule is COC(=O)c1ccc(N2CCC3(CCC(NC(=O)c4cnn5cccnc45)CC3)C2=O)c(Cl)c1. The van der Waals surface area contributed by atoms with E-state index in [1.807, 2.05) is 0 Å². The zero-order valence-electron chi connectivity index (χ0n) is 18.7. The van der Waals surface area contributed by atoms with Crippen molar-refractivity contribution in [2.24, 2.45) is 5.41 Å². The number of benzene rings is 1. The van der Waals surface area contributed by atoms with E-state index in [0.717, 1.165) is 6.42 Å². The first-order chi connectivity index (χ1) is 16.4. The lowest BCUT2D eigenvalue weighted by atomic mass is 9.71. The van der Waals surface area contributed by atoms with E-state index >= 15 is 0 Å². The fourth-order valence-electron chi connectivity index (χ4n) is 5.05. The quantitative estimate of drug-likeness (QED) is 0.573. The summed E-state index contributed by atoms with van der Waals surface area (Å²) in [6.45, 7) is 0.571. The standard InChI is InChI=1S/C24H24ClN5O4/c1-34-22(32)15-3-4-19(18(25)13-15)29-12-9-24(23(29)33)7-5-16(6-8-24)28-21(31)17-14-27-30-11-2-10-26-20(17)30/h2-4,10-11,13-14,16H,5-9,12H2,1H3,(H,28,31). The highest BCUT2D eigenvalue weighted by molar-refractivity contribution is 6.34. The maximum absolute atomic E-state index is 13.4. The average Bonchev–Trinajstić information content (AvgIpc) is 3.42. The number of methoxy groups -OCH3 is 1. The lowest BCUT2D eigenvalue weighted by Gasteiger charge is -2.36. The zero-order valence-corrected chi connectivity index (χ0v) is 19.4. The van der Waals surface area contributed by atoms with Crippen LogP contribution in [0, 0.1) is 5.41 Å². The van der Waals surface area contributed by atoms with Crippen molar-refractivity contribution in [1.82, 2.24) is 19.9 Å². The number of ether oxygens (including phenoxy) is 1. The number of nitrogens with zero attached hydrogens (tertiary/aromatic N) is 4. The number of halogens is 1. The number of carbonyl (C=O) groups is 3. The Kier molecular flexibility index (Phi) is 5.73. The second-order valence-electron chi connectivity index (χ2n) is 8.84. The Morgan fingerprint density at radius 2 is 2.03 bits per heavy atom. The first kappa shape index (κ1) is 22.3. The molecule has 3 heterocycles. The van der Waals surface area contributed by atoms with Crippen LogP contribution < -0.4 is 10.2 Å². The maximum Gasteiger partial charge on any atom is 0.337 e. The fraction of sp³-hybridized carbons (Fsp3) is 0.375. The molecule has 9 nitrogen and oxygen atoms in total. The van der Waals surface area contributed by atoms with E-state index in [9.17, 15) is 14.4 Å². The number of fused-ring (bicyclic) bond motifs is 1. The van der Waals surface area contributed by atoms with Crippen molar-refractivity contribution >= 4 is 40.7 Å². The molecule has 0 radical (unpaired) electrons. The van der Waals surface area contributed by atoms with Crippen LogP contribution >= 0.6 is 11.6 Å². The summed E-state index contributed by atoms with van der Waals surface area (Å²) < 4.78 is 6.30. The third-order valence-corrected chi connectivity index (χ3v) is 7.28. The molecule has 3 aromatic rings. The van der Waals surface area contributed by atoms with Crippen LogP contribution in [0.1, 0.15) is 52.8 Å². The summed E-state index contributed by atoms with van der Waals surface area (Å²) in [5.41, 5.74) is 1.46. The minimum Gasteiger partial charge on any atom is -0.465 e.